The van der Waals surface area contributed by atoms with Gasteiger partial charge in [-0.3, -0.25) is 4.79 Å². The predicted octanol–water partition coefficient (Wildman–Crippen LogP) is 3.30. The highest BCUT2D eigenvalue weighted by atomic mass is 32.2. The van der Waals surface area contributed by atoms with Crippen LogP contribution in [-0.2, 0) is 10.0 Å². The van der Waals surface area contributed by atoms with Gasteiger partial charge in [0.2, 0.25) is 10.0 Å². The number of piperazine rings is 1. The highest BCUT2D eigenvalue weighted by molar-refractivity contribution is 7.89. The third-order valence-electron chi connectivity index (χ3n) is 5.15. The van der Waals surface area contributed by atoms with Gasteiger partial charge in [0.1, 0.15) is 5.69 Å². The molecular formula is C20H23N3O3S2. The van der Waals surface area contributed by atoms with Crippen molar-refractivity contribution in [1.29, 1.82) is 0 Å². The van der Waals surface area contributed by atoms with E-state index in [2.05, 4.69) is 4.98 Å². The minimum atomic E-state index is -3.51. The summed E-state index contributed by atoms with van der Waals surface area (Å²) < 4.78 is 27.4. The number of hydrogen-bond donors (Lipinski definition) is 1. The van der Waals surface area contributed by atoms with E-state index in [0.29, 0.717) is 36.8 Å². The number of carbonyl (C=O) groups excluding carboxylic acids is 1. The van der Waals surface area contributed by atoms with Crippen LogP contribution in [0.25, 0.3) is 10.9 Å². The molecule has 0 spiro atoms. The summed E-state index contributed by atoms with van der Waals surface area (Å²) in [6, 6.07) is 9.62. The first kappa shape index (κ1) is 19.2. The number of aryl methyl sites for hydroxylation is 3. The molecule has 28 heavy (non-hydrogen) atoms. The van der Waals surface area contributed by atoms with E-state index in [-0.39, 0.29) is 5.91 Å². The number of amides is 1. The van der Waals surface area contributed by atoms with Crippen LogP contribution in [0.15, 0.2) is 35.2 Å². The van der Waals surface area contributed by atoms with Crippen LogP contribution in [0.2, 0.25) is 0 Å². The highest BCUT2D eigenvalue weighted by Gasteiger charge is 2.32. The predicted molar refractivity (Wildman–Crippen MR) is 111 cm³/mol. The molecule has 1 fully saturated rings. The Hall–Kier alpha value is -2.16. The van der Waals surface area contributed by atoms with Crippen LogP contribution in [0.3, 0.4) is 0 Å². The highest BCUT2D eigenvalue weighted by Crippen LogP contribution is 2.28. The van der Waals surface area contributed by atoms with E-state index < -0.39 is 10.0 Å². The number of aromatic nitrogens is 1. The Labute approximate surface area is 168 Å². The van der Waals surface area contributed by atoms with Gasteiger partial charge in [-0.05, 0) is 44.5 Å². The van der Waals surface area contributed by atoms with Crippen molar-refractivity contribution in [2.24, 2.45) is 0 Å². The molecule has 3 aromatic rings. The first-order valence-electron chi connectivity index (χ1n) is 9.21. The molecule has 0 atom stereocenters. The van der Waals surface area contributed by atoms with Crippen LogP contribution in [0.4, 0.5) is 0 Å². The Balaban J connectivity index is 1.48. The van der Waals surface area contributed by atoms with E-state index in [1.807, 2.05) is 45.0 Å². The molecule has 1 amide bonds. The fourth-order valence-electron chi connectivity index (χ4n) is 3.66. The molecule has 8 heteroatoms. The lowest BCUT2D eigenvalue weighted by Crippen LogP contribution is -2.50. The number of benzene rings is 1. The maximum Gasteiger partial charge on any atom is 0.270 e. The van der Waals surface area contributed by atoms with Gasteiger partial charge >= 0.3 is 0 Å². The van der Waals surface area contributed by atoms with Crippen LogP contribution >= 0.6 is 11.3 Å². The number of aromatic amines is 1. The zero-order chi connectivity index (χ0) is 20.1. The van der Waals surface area contributed by atoms with Crippen LogP contribution in [0.1, 0.15) is 25.8 Å². The van der Waals surface area contributed by atoms with E-state index in [4.69, 9.17) is 0 Å². The Morgan fingerprint density at radius 3 is 2.39 bits per heavy atom. The molecule has 4 rings (SSSR count). The fraction of sp³-hybridized carbons (Fsp3) is 0.350. The summed E-state index contributed by atoms with van der Waals surface area (Å²) in [4.78, 5) is 20.0. The largest absolute Gasteiger partial charge is 0.351 e. The second-order valence-electron chi connectivity index (χ2n) is 7.25. The molecule has 1 aliphatic heterocycles. The van der Waals surface area contributed by atoms with Crippen LogP contribution < -0.4 is 0 Å². The molecule has 2 aromatic heterocycles. The monoisotopic (exact) mass is 417 g/mol. The quantitative estimate of drug-likeness (QED) is 0.711. The lowest BCUT2D eigenvalue weighted by molar-refractivity contribution is 0.0693. The summed E-state index contributed by atoms with van der Waals surface area (Å²) in [5, 5.41) is 0.999. The minimum Gasteiger partial charge on any atom is -0.351 e. The molecule has 148 valence electrons. The van der Waals surface area contributed by atoms with E-state index in [1.54, 1.807) is 11.0 Å². The summed E-state index contributed by atoms with van der Waals surface area (Å²) in [6.07, 6.45) is 0. The second kappa shape index (κ2) is 7.02. The number of fused-ring (bicyclic) bond motifs is 1. The zero-order valence-electron chi connectivity index (χ0n) is 16.2. The van der Waals surface area contributed by atoms with Crippen molar-refractivity contribution in [2.45, 2.75) is 25.7 Å². The van der Waals surface area contributed by atoms with Crippen molar-refractivity contribution in [2.75, 3.05) is 26.2 Å². The summed E-state index contributed by atoms with van der Waals surface area (Å²) in [6.45, 7) is 7.14. The summed E-state index contributed by atoms with van der Waals surface area (Å²) >= 11 is 1.49. The van der Waals surface area contributed by atoms with Crippen molar-refractivity contribution >= 4 is 38.2 Å². The average Bonchev–Trinajstić information content (AvgIpc) is 3.23. The van der Waals surface area contributed by atoms with Crippen molar-refractivity contribution in [3.63, 3.8) is 0 Å². The number of sulfonamides is 1. The summed E-state index contributed by atoms with van der Waals surface area (Å²) in [5.74, 6) is -0.0894. The minimum absolute atomic E-state index is 0.0894. The third kappa shape index (κ3) is 3.36. The SMILES string of the molecule is Cc1ccc2cc(C(=O)N3CCN(S(=O)(=O)c4cc(C)sc4C)CC3)[nH]c2c1. The maximum absolute atomic E-state index is 12.9. The first-order chi connectivity index (χ1) is 13.3. The van der Waals surface area contributed by atoms with Gasteiger partial charge in [0.15, 0.2) is 0 Å². The van der Waals surface area contributed by atoms with E-state index in [9.17, 15) is 13.2 Å². The zero-order valence-corrected chi connectivity index (χ0v) is 17.8. The standard InChI is InChI=1S/C20H23N3O3S2/c1-13-4-5-16-12-18(21-17(16)10-13)20(24)22-6-8-23(9-7-22)28(25,26)19-11-14(2)27-15(19)3/h4-5,10-12,21H,6-9H2,1-3H3. The molecule has 0 aliphatic carbocycles. The lowest BCUT2D eigenvalue weighted by atomic mass is 10.2. The van der Waals surface area contributed by atoms with Crippen molar-refractivity contribution in [3.05, 3.63) is 51.3 Å². The molecular weight excluding hydrogens is 394 g/mol. The average molecular weight is 418 g/mol. The molecule has 1 aromatic carbocycles. The number of H-pyrrole nitrogens is 1. The third-order valence-corrected chi connectivity index (χ3v) is 8.27. The normalized spacial score (nSPS) is 16.0. The number of nitrogens with one attached hydrogen (secondary N) is 1. The summed E-state index contributed by atoms with van der Waals surface area (Å²) in [5.41, 5.74) is 2.61. The molecule has 1 aliphatic rings. The number of carbonyl (C=O) groups is 1. The van der Waals surface area contributed by atoms with Crippen molar-refractivity contribution in [1.82, 2.24) is 14.2 Å². The molecule has 0 saturated carbocycles. The molecule has 1 N–H and O–H groups in total. The Morgan fingerprint density at radius 2 is 1.75 bits per heavy atom. The van der Waals surface area contributed by atoms with E-state index in [0.717, 1.165) is 26.2 Å². The summed E-state index contributed by atoms with van der Waals surface area (Å²) in [7, 11) is -3.51. The van der Waals surface area contributed by atoms with E-state index in [1.165, 1.54) is 15.6 Å². The molecule has 1 saturated heterocycles. The molecule has 6 nitrogen and oxygen atoms in total. The van der Waals surface area contributed by atoms with Crippen molar-refractivity contribution < 1.29 is 13.2 Å². The molecule has 0 bridgehead atoms. The van der Waals surface area contributed by atoms with Crippen LogP contribution in [0, 0.1) is 20.8 Å². The number of rotatable bonds is 3. The first-order valence-corrected chi connectivity index (χ1v) is 11.5. The topological polar surface area (TPSA) is 73.5 Å². The fourth-order valence-corrected chi connectivity index (χ4v) is 6.61. The Bertz CT molecular complexity index is 1150. The van der Waals surface area contributed by atoms with Gasteiger partial charge in [-0.1, -0.05) is 12.1 Å². The van der Waals surface area contributed by atoms with Gasteiger partial charge in [-0.15, -0.1) is 11.3 Å². The van der Waals surface area contributed by atoms with Crippen LogP contribution in [0.5, 0.6) is 0 Å². The van der Waals surface area contributed by atoms with Gasteiger partial charge in [0, 0.05) is 46.8 Å². The number of hydrogen-bond acceptors (Lipinski definition) is 4. The lowest BCUT2D eigenvalue weighted by Gasteiger charge is -2.33. The smallest absolute Gasteiger partial charge is 0.270 e. The van der Waals surface area contributed by atoms with Crippen LogP contribution in [-0.4, -0.2) is 54.7 Å². The van der Waals surface area contributed by atoms with Gasteiger partial charge in [0.25, 0.3) is 5.91 Å². The molecule has 3 heterocycles. The van der Waals surface area contributed by atoms with Gasteiger partial charge in [-0.2, -0.15) is 4.31 Å². The van der Waals surface area contributed by atoms with E-state index >= 15 is 0 Å². The molecule has 0 radical (unpaired) electrons. The number of thiophene rings is 1. The Kier molecular flexibility index (Phi) is 4.81. The van der Waals surface area contributed by atoms with Gasteiger partial charge in [0.05, 0.1) is 4.90 Å². The van der Waals surface area contributed by atoms with Gasteiger partial charge < -0.3 is 9.88 Å². The number of nitrogens with zero attached hydrogens (tertiary/aromatic N) is 2. The van der Waals surface area contributed by atoms with Crippen molar-refractivity contribution in [3.8, 4) is 0 Å². The second-order valence-corrected chi connectivity index (χ2v) is 10.6. The Morgan fingerprint density at radius 1 is 1.04 bits per heavy atom. The maximum atomic E-state index is 12.9. The van der Waals surface area contributed by atoms with Gasteiger partial charge in [-0.25, -0.2) is 8.42 Å². The molecule has 0 unspecified atom stereocenters.